The van der Waals surface area contributed by atoms with Gasteiger partial charge >= 0.3 is 0 Å². The SMILES string of the molecule is C1CCC(CCN2CCC3(CCNCC3)C2)CC1. The monoisotopic (exact) mass is 250 g/mol. The number of nitrogens with zero attached hydrogens (tertiary/aromatic N) is 1. The van der Waals surface area contributed by atoms with Crippen molar-refractivity contribution in [2.75, 3.05) is 32.7 Å². The minimum absolute atomic E-state index is 0.706. The van der Waals surface area contributed by atoms with E-state index in [0.29, 0.717) is 5.41 Å². The molecule has 1 N–H and O–H groups in total. The van der Waals surface area contributed by atoms with Crippen LogP contribution in [-0.4, -0.2) is 37.6 Å². The molecule has 2 saturated heterocycles. The number of hydrogen-bond donors (Lipinski definition) is 1. The van der Waals surface area contributed by atoms with Crippen LogP contribution in [0.15, 0.2) is 0 Å². The van der Waals surface area contributed by atoms with Crippen LogP contribution < -0.4 is 5.32 Å². The summed E-state index contributed by atoms with van der Waals surface area (Å²) in [5.41, 5.74) is 0.706. The molecule has 0 atom stereocenters. The average molecular weight is 250 g/mol. The molecular weight excluding hydrogens is 220 g/mol. The first-order valence-corrected chi connectivity index (χ1v) is 8.29. The molecule has 1 spiro atoms. The van der Waals surface area contributed by atoms with E-state index >= 15 is 0 Å². The Hall–Kier alpha value is -0.0800. The largest absolute Gasteiger partial charge is 0.317 e. The quantitative estimate of drug-likeness (QED) is 0.828. The van der Waals surface area contributed by atoms with Crippen molar-refractivity contribution in [1.29, 1.82) is 0 Å². The fourth-order valence-electron chi connectivity index (χ4n) is 4.42. The molecule has 1 aliphatic carbocycles. The average Bonchev–Trinajstić information content (AvgIpc) is 2.82. The van der Waals surface area contributed by atoms with Crippen LogP contribution in [0.5, 0.6) is 0 Å². The number of hydrogen-bond acceptors (Lipinski definition) is 2. The van der Waals surface area contributed by atoms with Crippen molar-refractivity contribution in [1.82, 2.24) is 10.2 Å². The molecule has 104 valence electrons. The van der Waals surface area contributed by atoms with E-state index in [1.54, 1.807) is 0 Å². The van der Waals surface area contributed by atoms with E-state index in [-0.39, 0.29) is 0 Å². The van der Waals surface area contributed by atoms with E-state index in [1.165, 1.54) is 90.5 Å². The van der Waals surface area contributed by atoms with Crippen LogP contribution in [0.25, 0.3) is 0 Å². The summed E-state index contributed by atoms with van der Waals surface area (Å²) in [6.07, 6.45) is 13.3. The third-order valence-corrected chi connectivity index (χ3v) is 5.76. The summed E-state index contributed by atoms with van der Waals surface area (Å²) in [6.45, 7) is 6.70. The van der Waals surface area contributed by atoms with E-state index in [9.17, 15) is 0 Å². The molecule has 2 nitrogen and oxygen atoms in total. The lowest BCUT2D eigenvalue weighted by Gasteiger charge is -2.34. The van der Waals surface area contributed by atoms with E-state index in [4.69, 9.17) is 0 Å². The van der Waals surface area contributed by atoms with Crippen molar-refractivity contribution in [2.24, 2.45) is 11.3 Å². The van der Waals surface area contributed by atoms with Gasteiger partial charge in [0, 0.05) is 6.54 Å². The fourth-order valence-corrected chi connectivity index (χ4v) is 4.42. The number of piperidine rings is 1. The molecule has 0 radical (unpaired) electrons. The van der Waals surface area contributed by atoms with Crippen LogP contribution in [0.4, 0.5) is 0 Å². The summed E-state index contributed by atoms with van der Waals surface area (Å²) in [6, 6.07) is 0. The maximum atomic E-state index is 3.52. The molecule has 3 rings (SSSR count). The molecule has 0 aromatic carbocycles. The van der Waals surface area contributed by atoms with E-state index in [0.717, 1.165) is 5.92 Å². The highest BCUT2D eigenvalue weighted by Gasteiger charge is 2.38. The zero-order chi connectivity index (χ0) is 12.3. The molecule has 0 unspecified atom stereocenters. The van der Waals surface area contributed by atoms with Crippen molar-refractivity contribution in [2.45, 2.75) is 57.8 Å². The number of nitrogens with one attached hydrogen (secondary N) is 1. The van der Waals surface area contributed by atoms with Crippen molar-refractivity contribution < 1.29 is 0 Å². The molecule has 0 amide bonds. The van der Waals surface area contributed by atoms with Gasteiger partial charge in [-0.05, 0) is 63.2 Å². The zero-order valence-electron chi connectivity index (χ0n) is 11.9. The summed E-state index contributed by atoms with van der Waals surface area (Å²) in [7, 11) is 0. The Morgan fingerprint density at radius 1 is 1.00 bits per heavy atom. The maximum absolute atomic E-state index is 3.52. The Kier molecular flexibility index (Phi) is 4.25. The first-order chi connectivity index (χ1) is 8.86. The van der Waals surface area contributed by atoms with Crippen molar-refractivity contribution >= 4 is 0 Å². The number of rotatable bonds is 3. The van der Waals surface area contributed by atoms with Gasteiger partial charge in [-0.25, -0.2) is 0 Å². The molecule has 0 aromatic rings. The molecule has 0 aromatic heterocycles. The van der Waals surface area contributed by atoms with Crippen LogP contribution in [0.1, 0.15) is 57.8 Å². The lowest BCUT2D eigenvalue weighted by molar-refractivity contribution is 0.188. The summed E-state index contributed by atoms with van der Waals surface area (Å²) >= 11 is 0. The molecular formula is C16H30N2. The van der Waals surface area contributed by atoms with Crippen LogP contribution in [0.3, 0.4) is 0 Å². The minimum atomic E-state index is 0.706. The topological polar surface area (TPSA) is 15.3 Å². The first-order valence-electron chi connectivity index (χ1n) is 8.29. The first kappa shape index (κ1) is 12.9. The third-order valence-electron chi connectivity index (χ3n) is 5.76. The third kappa shape index (κ3) is 3.08. The Balaban J connectivity index is 1.41. The van der Waals surface area contributed by atoms with Gasteiger partial charge in [0.15, 0.2) is 0 Å². The van der Waals surface area contributed by atoms with Gasteiger partial charge < -0.3 is 10.2 Å². The maximum Gasteiger partial charge on any atom is 0.00394 e. The van der Waals surface area contributed by atoms with Gasteiger partial charge in [0.1, 0.15) is 0 Å². The second kappa shape index (κ2) is 5.92. The van der Waals surface area contributed by atoms with Crippen LogP contribution in [0.2, 0.25) is 0 Å². The second-order valence-electron chi connectivity index (χ2n) is 7.07. The highest BCUT2D eigenvalue weighted by atomic mass is 15.2. The van der Waals surface area contributed by atoms with Crippen molar-refractivity contribution in [3.05, 3.63) is 0 Å². The predicted octanol–water partition coefficient (Wildman–Crippen LogP) is 3.03. The molecule has 3 aliphatic rings. The normalized spacial score (nSPS) is 30.0. The molecule has 1 saturated carbocycles. The Morgan fingerprint density at radius 2 is 1.78 bits per heavy atom. The van der Waals surface area contributed by atoms with Gasteiger partial charge in [-0.15, -0.1) is 0 Å². The van der Waals surface area contributed by atoms with E-state index in [1.807, 2.05) is 0 Å². The predicted molar refractivity (Wildman–Crippen MR) is 76.8 cm³/mol. The molecule has 18 heavy (non-hydrogen) atoms. The van der Waals surface area contributed by atoms with E-state index < -0.39 is 0 Å². The Morgan fingerprint density at radius 3 is 2.56 bits per heavy atom. The molecule has 2 heteroatoms. The van der Waals surface area contributed by atoms with Gasteiger partial charge in [-0.1, -0.05) is 32.1 Å². The van der Waals surface area contributed by atoms with Crippen molar-refractivity contribution in [3.8, 4) is 0 Å². The van der Waals surface area contributed by atoms with Gasteiger partial charge in [0.25, 0.3) is 0 Å². The Bertz CT molecular complexity index is 252. The lowest BCUT2D eigenvalue weighted by Crippen LogP contribution is -2.38. The van der Waals surface area contributed by atoms with Gasteiger partial charge in [0.05, 0.1) is 0 Å². The molecule has 2 aliphatic heterocycles. The fraction of sp³-hybridized carbons (Fsp3) is 1.00. The molecule has 3 fully saturated rings. The molecule has 2 heterocycles. The van der Waals surface area contributed by atoms with Crippen LogP contribution in [0, 0.1) is 11.3 Å². The minimum Gasteiger partial charge on any atom is -0.317 e. The van der Waals surface area contributed by atoms with Gasteiger partial charge in [0.2, 0.25) is 0 Å². The molecule has 0 bridgehead atoms. The second-order valence-corrected chi connectivity index (χ2v) is 7.07. The lowest BCUT2D eigenvalue weighted by atomic mass is 9.78. The summed E-state index contributed by atoms with van der Waals surface area (Å²) in [5.74, 6) is 1.06. The Labute approximate surface area is 113 Å². The summed E-state index contributed by atoms with van der Waals surface area (Å²) in [4.78, 5) is 2.78. The number of likely N-dealkylation sites (tertiary alicyclic amines) is 1. The van der Waals surface area contributed by atoms with Crippen LogP contribution in [-0.2, 0) is 0 Å². The summed E-state index contributed by atoms with van der Waals surface area (Å²) < 4.78 is 0. The van der Waals surface area contributed by atoms with Crippen molar-refractivity contribution in [3.63, 3.8) is 0 Å². The van der Waals surface area contributed by atoms with E-state index in [2.05, 4.69) is 10.2 Å². The van der Waals surface area contributed by atoms with Crippen LogP contribution >= 0.6 is 0 Å². The zero-order valence-corrected chi connectivity index (χ0v) is 11.9. The highest BCUT2D eigenvalue weighted by molar-refractivity contribution is 4.93. The summed E-state index contributed by atoms with van der Waals surface area (Å²) in [5, 5.41) is 3.52. The van der Waals surface area contributed by atoms with Gasteiger partial charge in [-0.2, -0.15) is 0 Å². The highest BCUT2D eigenvalue weighted by Crippen LogP contribution is 2.39. The van der Waals surface area contributed by atoms with Gasteiger partial charge in [-0.3, -0.25) is 0 Å². The smallest absolute Gasteiger partial charge is 0.00394 e. The standard InChI is InChI=1S/C16H30N2/c1-2-4-15(5-3-1)6-12-18-13-9-16(14-18)7-10-17-11-8-16/h15,17H,1-14H2.